The van der Waals surface area contributed by atoms with E-state index in [1.165, 1.54) is 38.5 Å². The van der Waals surface area contributed by atoms with Gasteiger partial charge in [0.25, 0.3) is 0 Å². The lowest BCUT2D eigenvalue weighted by Crippen LogP contribution is -2.48. The lowest BCUT2D eigenvalue weighted by molar-refractivity contribution is -0.0176. The van der Waals surface area contributed by atoms with Crippen LogP contribution < -0.4 is 4.74 Å². The maximum Gasteiger partial charge on any atom is 0.247 e. The molecular weight excluding hydrogens is 440 g/mol. The third kappa shape index (κ3) is 3.27. The summed E-state index contributed by atoms with van der Waals surface area (Å²) in [4.78, 5) is 0. The Hall–Kier alpha value is -2.14. The van der Waals surface area contributed by atoms with Gasteiger partial charge in [0.15, 0.2) is 0 Å². The molecule has 0 saturated heterocycles. The summed E-state index contributed by atoms with van der Waals surface area (Å²) in [5, 5.41) is 9.02. The summed E-state index contributed by atoms with van der Waals surface area (Å²) >= 11 is 3.53. The van der Waals surface area contributed by atoms with Crippen molar-refractivity contribution < 1.29 is 9.15 Å². The van der Waals surface area contributed by atoms with Crippen molar-refractivity contribution in [3.63, 3.8) is 0 Å². The van der Waals surface area contributed by atoms with E-state index in [9.17, 15) is 0 Å². The van der Waals surface area contributed by atoms with E-state index in [1.807, 2.05) is 36.4 Å². The summed E-state index contributed by atoms with van der Waals surface area (Å²) in [5.41, 5.74) is 2.19. The molecule has 0 N–H and O–H groups in total. The summed E-state index contributed by atoms with van der Waals surface area (Å²) in [6.07, 6.45) is 7.96. The number of halogens is 1. The first-order valence-corrected chi connectivity index (χ1v) is 11.8. The number of hydrogen-bond donors (Lipinski definition) is 0. The van der Waals surface area contributed by atoms with Crippen LogP contribution in [0.1, 0.15) is 50.0 Å². The predicted octanol–water partition coefficient (Wildman–Crippen LogP) is 6.55. The summed E-state index contributed by atoms with van der Waals surface area (Å²) in [7, 11) is 0. The summed E-state index contributed by atoms with van der Waals surface area (Å²) < 4.78 is 13.2. The lowest BCUT2D eigenvalue weighted by atomic mass is 9.49. The van der Waals surface area contributed by atoms with Crippen molar-refractivity contribution in [3.8, 4) is 17.2 Å². The first kappa shape index (κ1) is 18.6. The van der Waals surface area contributed by atoms with Gasteiger partial charge in [-0.25, -0.2) is 0 Å². The molecule has 7 rings (SSSR count). The Balaban J connectivity index is 1.22. The van der Waals surface area contributed by atoms with Crippen LogP contribution in [0, 0.1) is 17.8 Å². The molecule has 4 fully saturated rings. The lowest BCUT2D eigenvalue weighted by Gasteiger charge is -2.55. The molecule has 4 saturated carbocycles. The van der Waals surface area contributed by atoms with Gasteiger partial charge in [0.2, 0.25) is 11.8 Å². The Kier molecular flexibility index (Phi) is 4.48. The monoisotopic (exact) mass is 464 g/mol. The molecule has 1 heterocycles. The zero-order valence-electron chi connectivity index (χ0n) is 16.9. The molecule has 0 aliphatic heterocycles. The van der Waals surface area contributed by atoms with Gasteiger partial charge >= 0.3 is 0 Å². The average molecular weight is 465 g/mol. The summed E-state index contributed by atoms with van der Waals surface area (Å²) in [5.74, 6) is 4.94. The minimum absolute atomic E-state index is 0.139. The number of nitrogens with zero attached hydrogens (tertiary/aromatic N) is 2. The van der Waals surface area contributed by atoms with Gasteiger partial charge in [-0.3, -0.25) is 0 Å². The highest BCUT2D eigenvalue weighted by atomic mass is 79.9. The minimum atomic E-state index is 0.139. The van der Waals surface area contributed by atoms with Crippen LogP contribution in [0.3, 0.4) is 0 Å². The minimum Gasteiger partial charge on any atom is -0.488 e. The van der Waals surface area contributed by atoms with Crippen molar-refractivity contribution in [2.75, 3.05) is 0 Å². The number of benzene rings is 2. The van der Waals surface area contributed by atoms with Crippen LogP contribution in [0.25, 0.3) is 11.5 Å². The van der Waals surface area contributed by atoms with Crippen LogP contribution in [-0.4, -0.2) is 10.2 Å². The standard InChI is InChI=1S/C25H25BrN2O2/c26-21-6-1-2-7-22(21)29-15-16-4-3-5-20(11-16)23-27-28-24(30-23)25-12-17-8-18(13-25)10-19(9-17)14-25/h1-7,11,17-19H,8-10,12-15H2. The molecule has 0 atom stereocenters. The fourth-order valence-corrected chi connectivity index (χ4v) is 6.84. The Morgan fingerprint density at radius 2 is 1.67 bits per heavy atom. The highest BCUT2D eigenvalue weighted by Crippen LogP contribution is 2.60. The summed E-state index contributed by atoms with van der Waals surface area (Å²) in [6.45, 7) is 0.492. The van der Waals surface area contributed by atoms with Crippen LogP contribution in [0.2, 0.25) is 0 Å². The molecule has 154 valence electrons. The maximum absolute atomic E-state index is 6.32. The van der Waals surface area contributed by atoms with Crippen LogP contribution >= 0.6 is 15.9 Å². The topological polar surface area (TPSA) is 48.2 Å². The highest BCUT2D eigenvalue weighted by Gasteiger charge is 2.54. The van der Waals surface area contributed by atoms with Gasteiger partial charge in [-0.05, 0) is 102 Å². The Morgan fingerprint density at radius 1 is 0.933 bits per heavy atom. The molecule has 4 nitrogen and oxygen atoms in total. The SMILES string of the molecule is Brc1ccccc1OCc1cccc(-c2nnc(C34CC5CC(CC(C5)C3)C4)o2)c1. The van der Waals surface area contributed by atoms with E-state index in [0.717, 1.165) is 45.0 Å². The number of hydrogen-bond acceptors (Lipinski definition) is 4. The highest BCUT2D eigenvalue weighted by molar-refractivity contribution is 9.10. The Bertz CT molecular complexity index is 1040. The van der Waals surface area contributed by atoms with Crippen molar-refractivity contribution in [1.82, 2.24) is 10.2 Å². The van der Waals surface area contributed by atoms with Crippen molar-refractivity contribution in [1.29, 1.82) is 0 Å². The van der Waals surface area contributed by atoms with Gasteiger partial charge in [-0.15, -0.1) is 10.2 Å². The fourth-order valence-electron chi connectivity index (χ4n) is 6.44. The molecular formula is C25H25BrN2O2. The van der Waals surface area contributed by atoms with Gasteiger partial charge in [-0.1, -0.05) is 24.3 Å². The second-order valence-electron chi connectivity index (χ2n) is 9.53. The van der Waals surface area contributed by atoms with Crippen molar-refractivity contribution >= 4 is 15.9 Å². The molecule has 3 aromatic rings. The second kappa shape index (κ2) is 7.23. The third-order valence-electron chi connectivity index (χ3n) is 7.32. The third-order valence-corrected chi connectivity index (χ3v) is 7.98. The van der Waals surface area contributed by atoms with Crippen molar-refractivity contribution in [3.05, 3.63) is 64.5 Å². The molecule has 0 spiro atoms. The Labute approximate surface area is 185 Å². The number of aromatic nitrogens is 2. The van der Waals surface area contributed by atoms with Gasteiger partial charge in [-0.2, -0.15) is 0 Å². The molecule has 0 unspecified atom stereocenters. The van der Waals surface area contributed by atoms with Crippen LogP contribution in [0.4, 0.5) is 0 Å². The van der Waals surface area contributed by atoms with E-state index in [-0.39, 0.29) is 5.41 Å². The molecule has 2 aromatic carbocycles. The Morgan fingerprint density at radius 3 is 2.40 bits per heavy atom. The number of ether oxygens (including phenoxy) is 1. The van der Waals surface area contributed by atoms with E-state index < -0.39 is 0 Å². The maximum atomic E-state index is 6.32. The van der Waals surface area contributed by atoms with E-state index >= 15 is 0 Å². The smallest absolute Gasteiger partial charge is 0.247 e. The molecule has 0 radical (unpaired) electrons. The van der Waals surface area contributed by atoms with E-state index in [4.69, 9.17) is 9.15 Å². The van der Waals surface area contributed by atoms with E-state index in [0.29, 0.717) is 12.5 Å². The first-order valence-electron chi connectivity index (χ1n) is 11.0. The zero-order valence-corrected chi connectivity index (χ0v) is 18.5. The van der Waals surface area contributed by atoms with Crippen LogP contribution in [-0.2, 0) is 12.0 Å². The summed E-state index contributed by atoms with van der Waals surface area (Å²) in [6, 6.07) is 16.1. The normalized spacial score (nSPS) is 29.3. The van der Waals surface area contributed by atoms with Gasteiger partial charge in [0, 0.05) is 11.0 Å². The van der Waals surface area contributed by atoms with Crippen LogP contribution in [0.5, 0.6) is 5.75 Å². The van der Waals surface area contributed by atoms with E-state index in [2.05, 4.69) is 38.3 Å². The molecule has 30 heavy (non-hydrogen) atoms. The molecule has 5 heteroatoms. The van der Waals surface area contributed by atoms with Gasteiger partial charge in [0.05, 0.1) is 4.47 Å². The van der Waals surface area contributed by atoms with E-state index in [1.54, 1.807) is 0 Å². The number of rotatable bonds is 5. The van der Waals surface area contributed by atoms with Crippen molar-refractivity contribution in [2.45, 2.75) is 50.5 Å². The largest absolute Gasteiger partial charge is 0.488 e. The van der Waals surface area contributed by atoms with Crippen molar-refractivity contribution in [2.24, 2.45) is 17.8 Å². The number of para-hydroxylation sites is 1. The molecule has 0 amide bonds. The molecule has 1 aromatic heterocycles. The van der Waals surface area contributed by atoms with Gasteiger partial charge in [0.1, 0.15) is 12.4 Å². The van der Waals surface area contributed by atoms with Crippen LogP contribution in [0.15, 0.2) is 57.4 Å². The molecule has 4 aliphatic carbocycles. The average Bonchev–Trinajstić information content (AvgIpc) is 3.24. The molecule has 4 bridgehead atoms. The quantitative estimate of drug-likeness (QED) is 0.429. The predicted molar refractivity (Wildman–Crippen MR) is 118 cm³/mol. The zero-order chi connectivity index (χ0) is 20.1. The fraction of sp³-hybridized carbons (Fsp3) is 0.440. The molecule has 4 aliphatic rings. The first-order chi connectivity index (χ1) is 14.7. The second-order valence-corrected chi connectivity index (χ2v) is 10.4. The van der Waals surface area contributed by atoms with Gasteiger partial charge < -0.3 is 9.15 Å².